The van der Waals surface area contributed by atoms with Crippen molar-refractivity contribution in [1.29, 1.82) is 0 Å². The second-order valence-corrected chi connectivity index (χ2v) is 11.3. The molecule has 0 spiro atoms. The Morgan fingerprint density at radius 1 is 1.07 bits per heavy atom. The standard InChI is InChI=1S/C24H31O5P/c1-16(2)20-11-9-17(3)13-22(20)29-30(26,19-7-5-4-6-8-19)24(25)18-10-12-21-23(14-18)28-15-27-21/h4-8,10,12,14,16-17,20,22,24-25H,9,11,13,15H2,1-3H3/t17-,20-,22-,24+,30-/m0/s1. The van der Waals surface area contributed by atoms with Crippen molar-refractivity contribution in [2.45, 2.75) is 52.0 Å². The van der Waals surface area contributed by atoms with Crippen molar-refractivity contribution in [2.75, 3.05) is 6.79 Å². The molecule has 1 aliphatic heterocycles. The van der Waals surface area contributed by atoms with Gasteiger partial charge in [0.1, 0.15) is 0 Å². The number of rotatable bonds is 6. The van der Waals surface area contributed by atoms with Crippen molar-refractivity contribution in [1.82, 2.24) is 0 Å². The Labute approximate surface area is 178 Å². The molecule has 0 unspecified atom stereocenters. The summed E-state index contributed by atoms with van der Waals surface area (Å²) in [4.78, 5) is 0. The average molecular weight is 430 g/mol. The summed E-state index contributed by atoms with van der Waals surface area (Å²) in [6.07, 6.45) is 2.91. The van der Waals surface area contributed by atoms with Gasteiger partial charge in [0, 0.05) is 5.30 Å². The van der Waals surface area contributed by atoms with E-state index in [0.717, 1.165) is 19.3 Å². The molecule has 1 aliphatic carbocycles. The molecule has 162 valence electrons. The van der Waals surface area contributed by atoms with Crippen LogP contribution in [0, 0.1) is 17.8 Å². The highest BCUT2D eigenvalue weighted by Gasteiger charge is 2.43. The van der Waals surface area contributed by atoms with Crippen molar-refractivity contribution < 1.29 is 23.7 Å². The number of aliphatic hydroxyl groups excluding tert-OH is 1. The van der Waals surface area contributed by atoms with Gasteiger partial charge in [-0.25, -0.2) is 0 Å². The number of aliphatic hydroxyl groups is 1. The highest BCUT2D eigenvalue weighted by molar-refractivity contribution is 7.67. The minimum absolute atomic E-state index is 0.150. The van der Waals surface area contributed by atoms with Gasteiger partial charge >= 0.3 is 0 Å². The zero-order chi connectivity index (χ0) is 21.3. The zero-order valence-corrected chi connectivity index (χ0v) is 18.8. The number of benzene rings is 2. The second-order valence-electron chi connectivity index (χ2n) is 8.89. The lowest BCUT2D eigenvalue weighted by molar-refractivity contribution is 0.0427. The first kappa shape index (κ1) is 21.4. The van der Waals surface area contributed by atoms with Crippen LogP contribution in [0.3, 0.4) is 0 Å². The minimum atomic E-state index is -3.62. The number of ether oxygens (including phenoxy) is 2. The molecular weight excluding hydrogens is 399 g/mol. The molecule has 1 fully saturated rings. The van der Waals surface area contributed by atoms with E-state index in [-0.39, 0.29) is 12.9 Å². The van der Waals surface area contributed by atoms with Crippen LogP contribution < -0.4 is 14.8 Å². The van der Waals surface area contributed by atoms with Crippen LogP contribution in [-0.2, 0) is 9.09 Å². The van der Waals surface area contributed by atoms with Crippen molar-refractivity contribution in [2.24, 2.45) is 17.8 Å². The van der Waals surface area contributed by atoms with Gasteiger partial charge in [0.05, 0.1) is 6.10 Å². The number of hydrogen-bond donors (Lipinski definition) is 1. The van der Waals surface area contributed by atoms with E-state index in [4.69, 9.17) is 14.0 Å². The Bertz CT molecular complexity index is 913. The van der Waals surface area contributed by atoms with E-state index in [9.17, 15) is 9.67 Å². The normalized spacial score (nSPS) is 26.4. The number of fused-ring (bicyclic) bond motifs is 1. The molecule has 0 radical (unpaired) electrons. The topological polar surface area (TPSA) is 65.0 Å². The van der Waals surface area contributed by atoms with E-state index in [2.05, 4.69) is 20.8 Å². The predicted molar refractivity (Wildman–Crippen MR) is 117 cm³/mol. The van der Waals surface area contributed by atoms with Gasteiger partial charge in [0.25, 0.3) is 7.37 Å². The largest absolute Gasteiger partial charge is 0.454 e. The highest BCUT2D eigenvalue weighted by Crippen LogP contribution is 2.60. The van der Waals surface area contributed by atoms with Gasteiger partial charge in [-0.05, 0) is 60.4 Å². The molecule has 1 heterocycles. The maximum Gasteiger partial charge on any atom is 0.264 e. The summed E-state index contributed by atoms with van der Waals surface area (Å²) in [6.45, 7) is 6.75. The van der Waals surface area contributed by atoms with Gasteiger partial charge in [-0.15, -0.1) is 0 Å². The average Bonchev–Trinajstić information content (AvgIpc) is 3.21. The van der Waals surface area contributed by atoms with Crippen molar-refractivity contribution in [3.8, 4) is 11.5 Å². The van der Waals surface area contributed by atoms with Gasteiger partial charge in [0.15, 0.2) is 17.3 Å². The van der Waals surface area contributed by atoms with Gasteiger partial charge in [-0.3, -0.25) is 4.57 Å². The van der Waals surface area contributed by atoms with E-state index in [1.807, 2.05) is 18.2 Å². The van der Waals surface area contributed by atoms with Gasteiger partial charge in [-0.1, -0.05) is 51.5 Å². The number of hydrogen-bond acceptors (Lipinski definition) is 5. The zero-order valence-electron chi connectivity index (χ0n) is 17.9. The van der Waals surface area contributed by atoms with Crippen LogP contribution in [0.25, 0.3) is 0 Å². The first-order valence-electron chi connectivity index (χ1n) is 10.8. The van der Waals surface area contributed by atoms with Crippen LogP contribution in [0.4, 0.5) is 0 Å². The smallest absolute Gasteiger partial charge is 0.264 e. The fourth-order valence-electron chi connectivity index (χ4n) is 4.60. The Balaban J connectivity index is 1.71. The van der Waals surface area contributed by atoms with E-state index in [1.54, 1.807) is 30.3 Å². The molecule has 2 aliphatic rings. The second kappa shape index (κ2) is 8.74. The third kappa shape index (κ3) is 4.16. The summed E-state index contributed by atoms with van der Waals surface area (Å²) >= 11 is 0. The van der Waals surface area contributed by atoms with Crippen LogP contribution >= 0.6 is 7.37 Å². The molecule has 4 rings (SSSR count). The first-order chi connectivity index (χ1) is 14.4. The van der Waals surface area contributed by atoms with Crippen molar-refractivity contribution in [3.05, 3.63) is 54.1 Å². The Hall–Kier alpha value is -1.81. The lowest BCUT2D eigenvalue weighted by atomic mass is 9.75. The maximum atomic E-state index is 14.4. The van der Waals surface area contributed by atoms with Crippen molar-refractivity contribution >= 4 is 12.7 Å². The lowest BCUT2D eigenvalue weighted by Gasteiger charge is -2.39. The molecule has 6 heteroatoms. The molecule has 1 saturated carbocycles. The predicted octanol–water partition coefficient (Wildman–Crippen LogP) is 5.49. The molecule has 2 aromatic carbocycles. The van der Waals surface area contributed by atoms with Gasteiger partial charge < -0.3 is 19.1 Å². The molecule has 5 nitrogen and oxygen atoms in total. The fraction of sp³-hybridized carbons (Fsp3) is 0.500. The summed E-state index contributed by atoms with van der Waals surface area (Å²) < 4.78 is 31.7. The maximum absolute atomic E-state index is 14.4. The summed E-state index contributed by atoms with van der Waals surface area (Å²) in [5.41, 5.74) is 0.511. The third-order valence-electron chi connectivity index (χ3n) is 6.39. The Morgan fingerprint density at radius 2 is 1.80 bits per heavy atom. The molecule has 0 bridgehead atoms. The minimum Gasteiger partial charge on any atom is -0.454 e. The fourth-order valence-corrected chi connectivity index (χ4v) is 6.91. The summed E-state index contributed by atoms with van der Waals surface area (Å²) in [6, 6.07) is 14.3. The summed E-state index contributed by atoms with van der Waals surface area (Å²) in [5.74, 6) is 1.16. The van der Waals surface area contributed by atoms with Crippen LogP contribution in [0.2, 0.25) is 0 Å². The summed E-state index contributed by atoms with van der Waals surface area (Å²) in [7, 11) is -3.62. The molecule has 30 heavy (non-hydrogen) atoms. The molecule has 0 aromatic heterocycles. The van der Waals surface area contributed by atoms with E-state index >= 15 is 0 Å². The van der Waals surface area contributed by atoms with Crippen LogP contribution in [-0.4, -0.2) is 18.0 Å². The van der Waals surface area contributed by atoms with Crippen molar-refractivity contribution in [3.63, 3.8) is 0 Å². The van der Waals surface area contributed by atoms with Crippen LogP contribution in [0.1, 0.15) is 51.4 Å². The first-order valence-corrected chi connectivity index (χ1v) is 12.5. The molecule has 5 atom stereocenters. The Morgan fingerprint density at radius 3 is 2.53 bits per heavy atom. The molecule has 0 saturated heterocycles. The molecule has 2 aromatic rings. The SMILES string of the molecule is CC(C)[C@@H]1CC[C@H](C)C[C@@H]1O[P@@](=O)(c1ccccc1)[C@@H](O)c1ccc2c(c1)OCO2. The summed E-state index contributed by atoms with van der Waals surface area (Å²) in [5, 5.41) is 11.9. The van der Waals surface area contributed by atoms with E-state index in [1.165, 1.54) is 0 Å². The third-order valence-corrected chi connectivity index (χ3v) is 8.93. The van der Waals surface area contributed by atoms with Crippen LogP contribution in [0.5, 0.6) is 11.5 Å². The van der Waals surface area contributed by atoms with Crippen LogP contribution in [0.15, 0.2) is 48.5 Å². The lowest BCUT2D eigenvalue weighted by Crippen LogP contribution is -2.35. The molecule has 1 N–H and O–H groups in total. The van der Waals surface area contributed by atoms with Gasteiger partial charge in [0.2, 0.25) is 6.79 Å². The molecular formula is C24H31O5P. The molecule has 0 amide bonds. The quantitative estimate of drug-likeness (QED) is 0.614. The van der Waals surface area contributed by atoms with Gasteiger partial charge in [-0.2, -0.15) is 0 Å². The Kier molecular flexibility index (Phi) is 6.24. The van der Waals surface area contributed by atoms with E-state index < -0.39 is 13.2 Å². The van der Waals surface area contributed by atoms with E-state index in [0.29, 0.717) is 40.1 Å². The highest BCUT2D eigenvalue weighted by atomic mass is 31.2. The monoisotopic (exact) mass is 430 g/mol.